The van der Waals surface area contributed by atoms with Crippen molar-refractivity contribution in [3.8, 4) is 11.5 Å². The minimum atomic E-state index is 0.152. The van der Waals surface area contributed by atoms with E-state index in [9.17, 15) is 0 Å². The molecule has 0 aromatic heterocycles. The van der Waals surface area contributed by atoms with Crippen molar-refractivity contribution in [3.63, 3.8) is 0 Å². The van der Waals surface area contributed by atoms with Crippen LogP contribution < -0.4 is 20.5 Å². The molecule has 0 aliphatic carbocycles. The predicted octanol–water partition coefficient (Wildman–Crippen LogP) is 2.93. The van der Waals surface area contributed by atoms with Gasteiger partial charge in [0.1, 0.15) is 0 Å². The van der Waals surface area contributed by atoms with Crippen molar-refractivity contribution in [2.75, 3.05) is 19.9 Å². The summed E-state index contributed by atoms with van der Waals surface area (Å²) in [7, 11) is 0. The summed E-state index contributed by atoms with van der Waals surface area (Å²) < 4.78 is 10.8. The quantitative estimate of drug-likeness (QED) is 0.811. The van der Waals surface area contributed by atoms with Gasteiger partial charge in [0.15, 0.2) is 11.5 Å². The third kappa shape index (κ3) is 3.89. The average molecular weight is 292 g/mol. The molecule has 1 unspecified atom stereocenters. The molecule has 1 aromatic rings. The Kier molecular flexibility index (Phi) is 5.48. The van der Waals surface area contributed by atoms with Crippen LogP contribution in [-0.4, -0.2) is 19.9 Å². The number of hydrogen-bond donors (Lipinski definition) is 2. The van der Waals surface area contributed by atoms with Crippen LogP contribution in [0, 0.1) is 17.8 Å². The van der Waals surface area contributed by atoms with Crippen LogP contribution in [0.5, 0.6) is 11.5 Å². The van der Waals surface area contributed by atoms with E-state index >= 15 is 0 Å². The smallest absolute Gasteiger partial charge is 0.231 e. The van der Waals surface area contributed by atoms with Crippen molar-refractivity contribution >= 4 is 0 Å². The van der Waals surface area contributed by atoms with Gasteiger partial charge in [-0.05, 0) is 42.0 Å². The Morgan fingerprint density at radius 1 is 1.10 bits per heavy atom. The first-order chi connectivity index (χ1) is 10.0. The number of hydrogen-bond acceptors (Lipinski definition) is 4. The molecule has 0 amide bonds. The molecule has 0 radical (unpaired) electrons. The van der Waals surface area contributed by atoms with Crippen molar-refractivity contribution in [2.45, 2.75) is 33.7 Å². The van der Waals surface area contributed by atoms with Crippen LogP contribution >= 0.6 is 0 Å². The summed E-state index contributed by atoms with van der Waals surface area (Å²) in [5.41, 5.74) is 7.11. The maximum Gasteiger partial charge on any atom is 0.231 e. The van der Waals surface area contributed by atoms with Gasteiger partial charge >= 0.3 is 0 Å². The molecule has 2 rings (SSSR count). The predicted molar refractivity (Wildman–Crippen MR) is 85.5 cm³/mol. The topological polar surface area (TPSA) is 56.5 Å². The molecule has 1 aliphatic heterocycles. The Hall–Kier alpha value is -1.26. The van der Waals surface area contributed by atoms with Gasteiger partial charge in [0.25, 0.3) is 0 Å². The number of nitrogens with two attached hydrogens (primary N) is 1. The standard InChI is InChI=1S/C17H28N2O2/c1-11(2)14(12(3)4)9-19-15(8-18)13-5-6-16-17(7-13)21-10-20-16/h5-7,11-12,14-15,19H,8-10,18H2,1-4H3. The van der Waals surface area contributed by atoms with Crippen LogP contribution in [0.4, 0.5) is 0 Å². The Bertz CT molecular complexity index is 452. The van der Waals surface area contributed by atoms with E-state index in [2.05, 4.69) is 39.1 Å². The molecule has 1 heterocycles. The van der Waals surface area contributed by atoms with E-state index in [-0.39, 0.29) is 6.04 Å². The van der Waals surface area contributed by atoms with Crippen molar-refractivity contribution in [1.82, 2.24) is 5.32 Å². The van der Waals surface area contributed by atoms with E-state index in [1.165, 1.54) is 0 Å². The van der Waals surface area contributed by atoms with Crippen molar-refractivity contribution < 1.29 is 9.47 Å². The first-order valence-corrected chi connectivity index (χ1v) is 7.86. The molecule has 0 bridgehead atoms. The van der Waals surface area contributed by atoms with Gasteiger partial charge in [-0.15, -0.1) is 0 Å². The molecule has 4 heteroatoms. The molecule has 0 fully saturated rings. The molecule has 0 saturated heterocycles. The number of fused-ring (bicyclic) bond motifs is 1. The highest BCUT2D eigenvalue weighted by atomic mass is 16.7. The second-order valence-corrected chi connectivity index (χ2v) is 6.46. The Morgan fingerprint density at radius 3 is 2.38 bits per heavy atom. The van der Waals surface area contributed by atoms with Crippen LogP contribution in [0.25, 0.3) is 0 Å². The zero-order chi connectivity index (χ0) is 15.4. The van der Waals surface area contributed by atoms with E-state index in [0.717, 1.165) is 23.6 Å². The first kappa shape index (κ1) is 16.1. The molecular weight excluding hydrogens is 264 g/mol. The van der Waals surface area contributed by atoms with Gasteiger partial charge in [0.2, 0.25) is 6.79 Å². The molecule has 118 valence electrons. The summed E-state index contributed by atoms with van der Waals surface area (Å²) in [5.74, 6) is 3.60. The van der Waals surface area contributed by atoms with E-state index in [0.29, 0.717) is 31.1 Å². The fourth-order valence-electron chi connectivity index (χ4n) is 2.99. The second kappa shape index (κ2) is 7.14. The van der Waals surface area contributed by atoms with Crippen LogP contribution in [-0.2, 0) is 0 Å². The Balaban J connectivity index is 2.03. The minimum absolute atomic E-state index is 0.152. The summed E-state index contributed by atoms with van der Waals surface area (Å²) >= 11 is 0. The van der Waals surface area contributed by atoms with Crippen LogP contribution in [0.1, 0.15) is 39.3 Å². The van der Waals surface area contributed by atoms with Crippen LogP contribution in [0.2, 0.25) is 0 Å². The van der Waals surface area contributed by atoms with Gasteiger partial charge in [0, 0.05) is 12.6 Å². The number of rotatable bonds is 7. The maximum absolute atomic E-state index is 5.95. The summed E-state index contributed by atoms with van der Waals surface area (Å²) in [5, 5.41) is 3.62. The summed E-state index contributed by atoms with van der Waals surface area (Å²) in [6.07, 6.45) is 0. The van der Waals surface area contributed by atoms with Gasteiger partial charge in [-0.3, -0.25) is 0 Å². The van der Waals surface area contributed by atoms with Crippen molar-refractivity contribution in [3.05, 3.63) is 23.8 Å². The highest BCUT2D eigenvalue weighted by Gasteiger charge is 2.21. The zero-order valence-corrected chi connectivity index (χ0v) is 13.6. The van der Waals surface area contributed by atoms with Crippen molar-refractivity contribution in [2.24, 2.45) is 23.5 Å². The lowest BCUT2D eigenvalue weighted by Crippen LogP contribution is -2.35. The third-order valence-corrected chi connectivity index (χ3v) is 4.35. The second-order valence-electron chi connectivity index (χ2n) is 6.46. The summed E-state index contributed by atoms with van der Waals surface area (Å²) in [4.78, 5) is 0. The zero-order valence-electron chi connectivity index (χ0n) is 13.6. The number of nitrogens with one attached hydrogen (secondary N) is 1. The van der Waals surface area contributed by atoms with Crippen LogP contribution in [0.3, 0.4) is 0 Å². The highest BCUT2D eigenvalue weighted by Crippen LogP contribution is 2.34. The molecule has 1 atom stereocenters. The molecule has 0 saturated carbocycles. The van der Waals surface area contributed by atoms with Crippen LogP contribution in [0.15, 0.2) is 18.2 Å². The fourth-order valence-corrected chi connectivity index (χ4v) is 2.99. The summed E-state index contributed by atoms with van der Waals surface area (Å²) in [6.45, 7) is 11.0. The van der Waals surface area contributed by atoms with Gasteiger partial charge in [-0.2, -0.15) is 0 Å². The third-order valence-electron chi connectivity index (χ3n) is 4.35. The van der Waals surface area contributed by atoms with Gasteiger partial charge in [-0.1, -0.05) is 33.8 Å². The minimum Gasteiger partial charge on any atom is -0.454 e. The van der Waals surface area contributed by atoms with E-state index < -0.39 is 0 Å². The Morgan fingerprint density at radius 2 is 1.76 bits per heavy atom. The molecule has 0 spiro atoms. The van der Waals surface area contributed by atoms with Gasteiger partial charge in [0.05, 0.1) is 0 Å². The number of benzene rings is 1. The van der Waals surface area contributed by atoms with Gasteiger partial charge < -0.3 is 20.5 Å². The summed E-state index contributed by atoms with van der Waals surface area (Å²) in [6, 6.07) is 6.22. The molecular formula is C17H28N2O2. The lowest BCUT2D eigenvalue weighted by molar-refractivity contribution is 0.174. The molecule has 1 aliphatic rings. The largest absolute Gasteiger partial charge is 0.454 e. The molecule has 4 nitrogen and oxygen atoms in total. The fraction of sp³-hybridized carbons (Fsp3) is 0.647. The Labute approximate surface area is 128 Å². The molecule has 21 heavy (non-hydrogen) atoms. The maximum atomic E-state index is 5.95. The number of ether oxygens (including phenoxy) is 2. The van der Waals surface area contributed by atoms with Gasteiger partial charge in [-0.25, -0.2) is 0 Å². The monoisotopic (exact) mass is 292 g/mol. The normalized spacial score (nSPS) is 15.2. The van der Waals surface area contributed by atoms with E-state index in [1.54, 1.807) is 0 Å². The van der Waals surface area contributed by atoms with E-state index in [4.69, 9.17) is 15.2 Å². The lowest BCUT2D eigenvalue weighted by Gasteiger charge is -2.28. The lowest BCUT2D eigenvalue weighted by atomic mass is 9.85. The van der Waals surface area contributed by atoms with Crippen molar-refractivity contribution in [1.29, 1.82) is 0 Å². The average Bonchev–Trinajstić information content (AvgIpc) is 2.90. The SMILES string of the molecule is CC(C)C(CNC(CN)c1ccc2c(c1)OCO2)C(C)C. The molecule has 3 N–H and O–H groups in total. The molecule has 1 aromatic carbocycles. The first-order valence-electron chi connectivity index (χ1n) is 7.86. The van der Waals surface area contributed by atoms with E-state index in [1.807, 2.05) is 12.1 Å². The highest BCUT2D eigenvalue weighted by molar-refractivity contribution is 5.45.